The van der Waals surface area contributed by atoms with Crippen LogP contribution in [0.25, 0.3) is 0 Å². The van der Waals surface area contributed by atoms with Crippen molar-refractivity contribution in [3.63, 3.8) is 0 Å². The van der Waals surface area contributed by atoms with Gasteiger partial charge in [0.1, 0.15) is 0 Å². The topological polar surface area (TPSA) is 50.2 Å². The molecule has 2 aromatic rings. The van der Waals surface area contributed by atoms with Crippen LogP contribution in [0, 0.1) is 27.6 Å². The molecule has 1 aromatic carbocycles. The highest BCUT2D eigenvalue weighted by molar-refractivity contribution is 14.1. The molecular formula is C23H26F3IN4O. The van der Waals surface area contributed by atoms with E-state index >= 15 is 0 Å². The lowest BCUT2D eigenvalue weighted by Gasteiger charge is -2.35. The molecule has 5 nitrogen and oxygen atoms in total. The maximum Gasteiger partial charge on any atom is 0.259 e. The molecule has 2 saturated carbocycles. The largest absolute Gasteiger partial charge is 0.371 e. The third-order valence-electron chi connectivity index (χ3n) is 7.30. The lowest BCUT2D eigenvalue weighted by Crippen LogP contribution is -2.38. The van der Waals surface area contributed by atoms with E-state index in [2.05, 4.69) is 37.9 Å². The number of benzene rings is 1. The van der Waals surface area contributed by atoms with E-state index in [1.54, 1.807) is 13.0 Å². The molecule has 0 bridgehead atoms. The fraction of sp³-hybridized carbons (Fsp3) is 0.565. The van der Waals surface area contributed by atoms with Gasteiger partial charge in [0.25, 0.3) is 5.91 Å². The lowest BCUT2D eigenvalue weighted by atomic mass is 9.81. The molecule has 1 amide bonds. The summed E-state index contributed by atoms with van der Waals surface area (Å²) in [6.07, 6.45) is 4.47. The summed E-state index contributed by atoms with van der Waals surface area (Å²) < 4.78 is 43.5. The monoisotopic (exact) mass is 558 g/mol. The molecule has 32 heavy (non-hydrogen) atoms. The summed E-state index contributed by atoms with van der Waals surface area (Å²) >= 11 is 2.23. The normalized spacial score (nSPS) is 21.5. The summed E-state index contributed by atoms with van der Waals surface area (Å²) in [4.78, 5) is 15.4. The van der Waals surface area contributed by atoms with Crippen LogP contribution >= 0.6 is 22.6 Å². The average Bonchev–Trinajstić information content (AvgIpc) is 3.43. The van der Waals surface area contributed by atoms with Gasteiger partial charge in [-0.1, -0.05) is 0 Å². The first-order valence-corrected chi connectivity index (χ1v) is 12.2. The fourth-order valence-electron chi connectivity index (χ4n) is 4.97. The van der Waals surface area contributed by atoms with Crippen LogP contribution in [0.4, 0.5) is 24.7 Å². The molecule has 172 valence electrons. The third kappa shape index (κ3) is 4.24. The van der Waals surface area contributed by atoms with Gasteiger partial charge in [-0.15, -0.1) is 0 Å². The van der Waals surface area contributed by atoms with Crippen LogP contribution in [0.2, 0.25) is 0 Å². The molecule has 1 aliphatic heterocycles. The van der Waals surface area contributed by atoms with Crippen LogP contribution in [0.5, 0.6) is 0 Å². The molecule has 2 aliphatic carbocycles. The molecule has 1 aromatic heterocycles. The Morgan fingerprint density at radius 2 is 1.91 bits per heavy atom. The SMILES string of the molecule is Cc1c(F)c(NC(=O)c2ccc(I)cc2N2CCC3(CC2)CC3)nn1CC1CC(F)(F)C1. The number of carbonyl (C=O) groups excluding carboxylic acids is 1. The zero-order valence-corrected chi connectivity index (χ0v) is 20.1. The number of aromatic nitrogens is 2. The molecule has 0 atom stereocenters. The van der Waals surface area contributed by atoms with Crippen molar-refractivity contribution < 1.29 is 18.0 Å². The van der Waals surface area contributed by atoms with Crippen molar-refractivity contribution in [2.45, 2.75) is 57.9 Å². The second-order valence-corrected chi connectivity index (χ2v) is 10.9. The van der Waals surface area contributed by atoms with Crippen LogP contribution in [0.15, 0.2) is 18.2 Å². The molecule has 9 heteroatoms. The number of piperidine rings is 1. The summed E-state index contributed by atoms with van der Waals surface area (Å²) in [7, 11) is 0. The maximum absolute atomic E-state index is 14.8. The van der Waals surface area contributed by atoms with Gasteiger partial charge in [0.2, 0.25) is 5.92 Å². The number of nitrogens with one attached hydrogen (secondary N) is 1. The standard InChI is InChI=1S/C23H26F3IN4O/c1-14-19(24)20(29-31(14)13-15-11-23(25,26)12-15)28-21(32)17-3-2-16(27)10-18(17)30-8-6-22(4-5-22)7-9-30/h2-3,10,15H,4-9,11-13H2,1H3,(H,28,29,32). The Bertz CT molecular complexity index is 1050. The molecule has 5 rings (SSSR count). The number of hydrogen-bond donors (Lipinski definition) is 1. The Morgan fingerprint density at radius 1 is 1.22 bits per heavy atom. The summed E-state index contributed by atoms with van der Waals surface area (Å²) in [6, 6.07) is 5.63. The lowest BCUT2D eigenvalue weighted by molar-refractivity contribution is -0.114. The quantitative estimate of drug-likeness (QED) is 0.486. The van der Waals surface area contributed by atoms with Crippen molar-refractivity contribution in [2.75, 3.05) is 23.3 Å². The first kappa shape index (κ1) is 22.0. The van der Waals surface area contributed by atoms with Crippen LogP contribution in [0.1, 0.15) is 54.6 Å². The van der Waals surface area contributed by atoms with E-state index in [-0.39, 0.29) is 36.8 Å². The highest BCUT2D eigenvalue weighted by atomic mass is 127. The van der Waals surface area contributed by atoms with Gasteiger partial charge in [0, 0.05) is 36.0 Å². The number of halogens is 4. The summed E-state index contributed by atoms with van der Waals surface area (Å²) in [5.41, 5.74) is 2.11. The van der Waals surface area contributed by atoms with Crippen molar-refractivity contribution in [1.82, 2.24) is 9.78 Å². The second kappa shape index (κ2) is 7.92. The van der Waals surface area contributed by atoms with Crippen LogP contribution < -0.4 is 10.2 Å². The van der Waals surface area contributed by atoms with Gasteiger partial charge in [0.15, 0.2) is 11.6 Å². The van der Waals surface area contributed by atoms with Crippen molar-refractivity contribution in [1.29, 1.82) is 0 Å². The molecule has 3 fully saturated rings. The molecule has 0 unspecified atom stereocenters. The Morgan fingerprint density at radius 3 is 2.53 bits per heavy atom. The van der Waals surface area contributed by atoms with Crippen molar-refractivity contribution in [3.05, 3.63) is 38.8 Å². The first-order chi connectivity index (χ1) is 15.1. The van der Waals surface area contributed by atoms with E-state index < -0.39 is 17.6 Å². The van der Waals surface area contributed by atoms with Gasteiger partial charge in [-0.2, -0.15) is 5.10 Å². The third-order valence-corrected chi connectivity index (χ3v) is 7.97. The van der Waals surface area contributed by atoms with E-state index in [1.165, 1.54) is 17.5 Å². The van der Waals surface area contributed by atoms with Gasteiger partial charge >= 0.3 is 0 Å². The fourth-order valence-corrected chi connectivity index (χ4v) is 5.45. The number of hydrogen-bond acceptors (Lipinski definition) is 3. The van der Waals surface area contributed by atoms with Crippen LogP contribution in [-0.2, 0) is 6.54 Å². The predicted molar refractivity (Wildman–Crippen MR) is 125 cm³/mol. The second-order valence-electron chi connectivity index (χ2n) is 9.66. The van der Waals surface area contributed by atoms with Gasteiger partial charge in [-0.3, -0.25) is 9.48 Å². The Balaban J connectivity index is 1.32. The zero-order valence-electron chi connectivity index (χ0n) is 17.9. The Labute approximate surface area is 198 Å². The zero-order chi connectivity index (χ0) is 22.7. The van der Waals surface area contributed by atoms with Crippen molar-refractivity contribution in [3.8, 4) is 0 Å². The average molecular weight is 558 g/mol. The van der Waals surface area contributed by atoms with Gasteiger partial charge < -0.3 is 10.2 Å². The van der Waals surface area contributed by atoms with E-state index in [9.17, 15) is 18.0 Å². The van der Waals surface area contributed by atoms with Crippen LogP contribution in [-0.4, -0.2) is 34.7 Å². The first-order valence-electron chi connectivity index (χ1n) is 11.1. The number of amides is 1. The van der Waals surface area contributed by atoms with Gasteiger partial charge in [-0.25, -0.2) is 13.2 Å². The highest BCUT2D eigenvalue weighted by Gasteiger charge is 2.46. The number of carbonyl (C=O) groups is 1. The van der Waals surface area contributed by atoms with E-state index in [0.717, 1.165) is 35.2 Å². The Hall–Kier alpha value is -1.78. The highest BCUT2D eigenvalue weighted by Crippen LogP contribution is 2.54. The van der Waals surface area contributed by atoms with E-state index in [0.29, 0.717) is 11.0 Å². The van der Waals surface area contributed by atoms with Crippen molar-refractivity contribution in [2.24, 2.45) is 11.3 Å². The molecule has 0 radical (unpaired) electrons. The molecule has 2 heterocycles. The minimum Gasteiger partial charge on any atom is -0.371 e. The molecule has 1 spiro atoms. The number of alkyl halides is 2. The molecule has 1 N–H and O–H groups in total. The molecule has 1 saturated heterocycles. The van der Waals surface area contributed by atoms with Crippen molar-refractivity contribution >= 4 is 40.0 Å². The smallest absolute Gasteiger partial charge is 0.259 e. The molecule has 3 aliphatic rings. The minimum absolute atomic E-state index is 0.154. The molecular weight excluding hydrogens is 532 g/mol. The minimum atomic E-state index is -2.63. The summed E-state index contributed by atoms with van der Waals surface area (Å²) in [5.74, 6) is -4.05. The number of rotatable bonds is 5. The van der Waals surface area contributed by atoms with Gasteiger partial charge in [0.05, 0.1) is 16.9 Å². The van der Waals surface area contributed by atoms with E-state index in [1.807, 2.05) is 12.1 Å². The number of anilines is 2. The summed E-state index contributed by atoms with van der Waals surface area (Å²) in [6.45, 7) is 3.59. The maximum atomic E-state index is 14.8. The van der Waals surface area contributed by atoms with Gasteiger partial charge in [-0.05, 0) is 84.7 Å². The summed E-state index contributed by atoms with van der Waals surface area (Å²) in [5, 5.41) is 6.80. The predicted octanol–water partition coefficient (Wildman–Crippen LogP) is 5.61. The van der Waals surface area contributed by atoms with Crippen LogP contribution in [0.3, 0.4) is 0 Å². The number of nitrogens with zero attached hydrogens (tertiary/aromatic N) is 3. The van der Waals surface area contributed by atoms with E-state index in [4.69, 9.17) is 0 Å². The Kier molecular flexibility index (Phi) is 5.45.